The summed E-state index contributed by atoms with van der Waals surface area (Å²) in [7, 11) is 1.94. The van der Waals surface area contributed by atoms with Gasteiger partial charge < -0.3 is 10.0 Å². The van der Waals surface area contributed by atoms with Crippen molar-refractivity contribution in [3.05, 3.63) is 64.7 Å². The lowest BCUT2D eigenvalue weighted by Gasteiger charge is -2.27. The molecular weight excluding hydrogens is 274 g/mol. The molecule has 20 heavy (non-hydrogen) atoms. The molecule has 0 spiro atoms. The first-order valence-electron chi connectivity index (χ1n) is 6.30. The minimum absolute atomic E-state index is 0.122. The molecule has 0 heterocycles. The van der Waals surface area contributed by atoms with Crippen LogP contribution >= 0.6 is 11.6 Å². The Hall–Kier alpha value is -2.00. The number of aromatic carboxylic acids is 1. The number of hydrogen-bond acceptors (Lipinski definition) is 2. The van der Waals surface area contributed by atoms with Gasteiger partial charge in [0.2, 0.25) is 0 Å². The topological polar surface area (TPSA) is 40.5 Å². The Labute approximate surface area is 123 Å². The van der Waals surface area contributed by atoms with Crippen LogP contribution in [0.5, 0.6) is 0 Å². The quantitative estimate of drug-likeness (QED) is 0.915. The fourth-order valence-electron chi connectivity index (χ4n) is 2.05. The van der Waals surface area contributed by atoms with Crippen LogP contribution in [-0.4, -0.2) is 18.1 Å². The predicted octanol–water partition coefficient (Wildman–Crippen LogP) is 4.24. The second-order valence-electron chi connectivity index (χ2n) is 4.69. The lowest BCUT2D eigenvalue weighted by Crippen LogP contribution is -2.21. The van der Waals surface area contributed by atoms with Gasteiger partial charge in [-0.2, -0.15) is 0 Å². The van der Waals surface area contributed by atoms with Gasteiger partial charge in [-0.25, -0.2) is 4.79 Å². The zero-order chi connectivity index (χ0) is 14.7. The summed E-state index contributed by atoms with van der Waals surface area (Å²) >= 11 is 5.89. The molecule has 0 radical (unpaired) electrons. The molecule has 2 aromatic carbocycles. The molecule has 0 saturated carbocycles. The molecular formula is C16H16ClNO2. The third-order valence-electron chi connectivity index (χ3n) is 3.43. The Morgan fingerprint density at radius 1 is 1.20 bits per heavy atom. The summed E-state index contributed by atoms with van der Waals surface area (Å²) in [5, 5.41) is 9.75. The first kappa shape index (κ1) is 14.4. The fourth-order valence-corrected chi connectivity index (χ4v) is 2.17. The third-order valence-corrected chi connectivity index (χ3v) is 3.69. The van der Waals surface area contributed by atoms with Crippen LogP contribution in [0.2, 0.25) is 5.02 Å². The Morgan fingerprint density at radius 2 is 1.85 bits per heavy atom. The van der Waals surface area contributed by atoms with Gasteiger partial charge in [-0.05, 0) is 42.8 Å². The molecule has 4 heteroatoms. The molecule has 1 N–H and O–H groups in total. The Bertz CT molecular complexity index is 610. The van der Waals surface area contributed by atoms with E-state index < -0.39 is 5.97 Å². The van der Waals surface area contributed by atoms with Crippen molar-refractivity contribution in [1.29, 1.82) is 0 Å². The summed E-state index contributed by atoms with van der Waals surface area (Å²) in [5.41, 5.74) is 2.28. The van der Waals surface area contributed by atoms with Crippen molar-refractivity contribution in [3.8, 4) is 0 Å². The van der Waals surface area contributed by atoms with Gasteiger partial charge in [-0.1, -0.05) is 29.8 Å². The van der Waals surface area contributed by atoms with Gasteiger partial charge >= 0.3 is 5.97 Å². The van der Waals surface area contributed by atoms with Gasteiger partial charge in [0.05, 0.1) is 11.6 Å². The minimum atomic E-state index is -0.917. The van der Waals surface area contributed by atoms with Crippen molar-refractivity contribution >= 4 is 23.3 Å². The highest BCUT2D eigenvalue weighted by Crippen LogP contribution is 2.26. The highest BCUT2D eigenvalue weighted by molar-refractivity contribution is 6.30. The van der Waals surface area contributed by atoms with Gasteiger partial charge in [-0.15, -0.1) is 0 Å². The van der Waals surface area contributed by atoms with Crippen LogP contribution in [0.25, 0.3) is 0 Å². The van der Waals surface area contributed by atoms with Crippen molar-refractivity contribution in [1.82, 2.24) is 0 Å². The molecule has 0 aliphatic rings. The number of rotatable bonds is 4. The maximum absolute atomic E-state index is 11.0. The van der Waals surface area contributed by atoms with Crippen LogP contribution in [0.3, 0.4) is 0 Å². The highest BCUT2D eigenvalue weighted by atomic mass is 35.5. The van der Waals surface area contributed by atoms with Gasteiger partial charge in [0.1, 0.15) is 0 Å². The zero-order valence-electron chi connectivity index (χ0n) is 11.4. The number of hydrogen-bond donors (Lipinski definition) is 1. The second kappa shape index (κ2) is 5.97. The lowest BCUT2D eigenvalue weighted by atomic mass is 10.1. The summed E-state index contributed by atoms with van der Waals surface area (Å²) in [4.78, 5) is 13.1. The number of halogens is 1. The molecule has 0 aliphatic carbocycles. The lowest BCUT2D eigenvalue weighted by molar-refractivity contribution is 0.0697. The largest absolute Gasteiger partial charge is 0.478 e. The van der Waals surface area contributed by atoms with Crippen LogP contribution in [0.15, 0.2) is 48.5 Å². The van der Waals surface area contributed by atoms with Crippen molar-refractivity contribution in [3.63, 3.8) is 0 Å². The van der Waals surface area contributed by atoms with Crippen molar-refractivity contribution in [2.75, 3.05) is 11.9 Å². The standard InChI is InChI=1S/C16H16ClNO2/c1-11(12-6-8-14(17)9-7-12)18(2)15-5-3-4-13(10-15)16(19)20/h3-11H,1-2H3,(H,19,20). The van der Waals surface area contributed by atoms with E-state index in [-0.39, 0.29) is 11.6 Å². The molecule has 0 aromatic heterocycles. The van der Waals surface area contributed by atoms with E-state index >= 15 is 0 Å². The first-order valence-corrected chi connectivity index (χ1v) is 6.68. The van der Waals surface area contributed by atoms with Crippen molar-refractivity contribution in [2.45, 2.75) is 13.0 Å². The molecule has 1 unspecified atom stereocenters. The fraction of sp³-hybridized carbons (Fsp3) is 0.188. The molecule has 0 saturated heterocycles. The number of carboxylic acid groups (broad SMARTS) is 1. The molecule has 2 aromatic rings. The van der Waals surface area contributed by atoms with E-state index in [1.54, 1.807) is 18.2 Å². The van der Waals surface area contributed by atoms with Gasteiger partial charge in [-0.3, -0.25) is 0 Å². The predicted molar refractivity (Wildman–Crippen MR) is 81.7 cm³/mol. The Kier molecular flexibility index (Phi) is 4.30. The van der Waals surface area contributed by atoms with Crippen molar-refractivity contribution in [2.24, 2.45) is 0 Å². The normalized spacial score (nSPS) is 11.9. The van der Waals surface area contributed by atoms with E-state index in [0.29, 0.717) is 5.02 Å². The van der Waals surface area contributed by atoms with Gasteiger partial charge in [0.25, 0.3) is 0 Å². The maximum atomic E-state index is 11.0. The Morgan fingerprint density at radius 3 is 2.45 bits per heavy atom. The van der Waals surface area contributed by atoms with E-state index in [1.807, 2.05) is 42.3 Å². The summed E-state index contributed by atoms with van der Waals surface area (Å²) in [5.74, 6) is -0.917. The average molecular weight is 290 g/mol. The molecule has 2 rings (SSSR count). The number of carbonyl (C=O) groups is 1. The van der Waals surface area contributed by atoms with Crippen LogP contribution < -0.4 is 4.90 Å². The van der Waals surface area contributed by atoms with E-state index in [0.717, 1.165) is 11.3 Å². The second-order valence-corrected chi connectivity index (χ2v) is 5.13. The van der Waals surface area contributed by atoms with Gasteiger partial charge in [0, 0.05) is 17.8 Å². The number of carboxylic acids is 1. The first-order chi connectivity index (χ1) is 9.49. The van der Waals surface area contributed by atoms with Crippen LogP contribution in [-0.2, 0) is 0 Å². The minimum Gasteiger partial charge on any atom is -0.478 e. The smallest absolute Gasteiger partial charge is 0.335 e. The van der Waals surface area contributed by atoms with E-state index in [4.69, 9.17) is 16.7 Å². The Balaban J connectivity index is 2.26. The summed E-state index contributed by atoms with van der Waals surface area (Å²) < 4.78 is 0. The molecule has 0 fully saturated rings. The number of anilines is 1. The van der Waals surface area contributed by atoms with Crippen LogP contribution in [0, 0.1) is 0 Å². The van der Waals surface area contributed by atoms with E-state index in [9.17, 15) is 4.79 Å². The summed E-state index contributed by atoms with van der Waals surface area (Å²) in [6.07, 6.45) is 0. The maximum Gasteiger partial charge on any atom is 0.335 e. The highest BCUT2D eigenvalue weighted by Gasteiger charge is 2.13. The third kappa shape index (κ3) is 3.11. The molecule has 1 atom stereocenters. The van der Waals surface area contributed by atoms with Gasteiger partial charge in [0.15, 0.2) is 0 Å². The van der Waals surface area contributed by atoms with Crippen molar-refractivity contribution < 1.29 is 9.90 Å². The zero-order valence-corrected chi connectivity index (χ0v) is 12.1. The SMILES string of the molecule is CC(c1ccc(Cl)cc1)N(C)c1cccc(C(=O)O)c1. The average Bonchev–Trinajstić information content (AvgIpc) is 2.46. The van der Waals surface area contributed by atoms with E-state index in [1.165, 1.54) is 0 Å². The molecule has 0 aliphatic heterocycles. The molecule has 0 bridgehead atoms. The number of benzene rings is 2. The molecule has 3 nitrogen and oxygen atoms in total. The number of nitrogens with zero attached hydrogens (tertiary/aromatic N) is 1. The summed E-state index contributed by atoms with van der Waals surface area (Å²) in [6.45, 7) is 2.07. The monoisotopic (exact) mass is 289 g/mol. The molecule has 0 amide bonds. The molecule has 104 valence electrons. The van der Waals surface area contributed by atoms with Crippen LogP contribution in [0.4, 0.5) is 5.69 Å². The summed E-state index contributed by atoms with van der Waals surface area (Å²) in [6, 6.07) is 14.7. The van der Waals surface area contributed by atoms with E-state index in [2.05, 4.69) is 6.92 Å². The van der Waals surface area contributed by atoms with Crippen LogP contribution in [0.1, 0.15) is 28.9 Å².